The fourth-order valence-corrected chi connectivity index (χ4v) is 3.52. The first-order valence-corrected chi connectivity index (χ1v) is 10.2. The van der Waals surface area contributed by atoms with E-state index in [-0.39, 0.29) is 0 Å². The monoisotopic (exact) mass is 498 g/mol. The normalized spacial score (nSPS) is 17.7. The Hall–Kier alpha value is -2.80. The average molecular weight is 498 g/mol. The summed E-state index contributed by atoms with van der Waals surface area (Å²) in [6.07, 6.45) is 1.79. The lowest BCUT2D eigenvalue weighted by molar-refractivity contribution is -0.148. The minimum atomic E-state index is -1.19. The summed E-state index contributed by atoms with van der Waals surface area (Å²) in [5, 5.41) is 0. The third-order valence-corrected chi connectivity index (χ3v) is 5.48. The van der Waals surface area contributed by atoms with E-state index < -0.39 is 11.8 Å². The highest BCUT2D eigenvalue weighted by molar-refractivity contribution is 14.1. The zero-order valence-corrected chi connectivity index (χ0v) is 18.0. The van der Waals surface area contributed by atoms with Gasteiger partial charge in [-0.2, -0.15) is 0 Å². The van der Waals surface area contributed by atoms with Gasteiger partial charge in [-0.15, -0.1) is 0 Å². The standard InChI is InChI=1S/C24H19IO4/c1-3-16-7-9-17(10-8-16)15-27-20-5-4-6-21-22(20)23(26)29-24(2,28-21)18-11-13-19(25)14-12-18/h3-14H,1,15H2,2H3. The molecule has 0 saturated carbocycles. The molecule has 0 amide bonds. The molecule has 0 aromatic heterocycles. The van der Waals surface area contributed by atoms with Crippen molar-refractivity contribution < 1.29 is 19.0 Å². The van der Waals surface area contributed by atoms with E-state index in [0.29, 0.717) is 23.7 Å². The number of esters is 1. The predicted molar refractivity (Wildman–Crippen MR) is 120 cm³/mol. The van der Waals surface area contributed by atoms with Crippen LogP contribution in [0.15, 0.2) is 73.3 Å². The lowest BCUT2D eigenvalue weighted by Crippen LogP contribution is -2.39. The van der Waals surface area contributed by atoms with E-state index in [4.69, 9.17) is 14.2 Å². The topological polar surface area (TPSA) is 44.8 Å². The molecule has 0 N–H and O–H groups in total. The van der Waals surface area contributed by atoms with Gasteiger partial charge in [0.15, 0.2) is 0 Å². The second-order valence-electron chi connectivity index (χ2n) is 6.81. The van der Waals surface area contributed by atoms with Crippen LogP contribution in [0.3, 0.4) is 0 Å². The summed E-state index contributed by atoms with van der Waals surface area (Å²) in [6.45, 7) is 5.82. The Labute approximate surface area is 183 Å². The minimum Gasteiger partial charge on any atom is -0.488 e. The molecule has 0 fully saturated rings. The fraction of sp³-hybridized carbons (Fsp3) is 0.125. The van der Waals surface area contributed by atoms with Crippen LogP contribution in [0.25, 0.3) is 6.08 Å². The molecule has 0 saturated heterocycles. The second kappa shape index (κ2) is 7.91. The van der Waals surface area contributed by atoms with E-state index in [1.54, 1.807) is 25.1 Å². The SMILES string of the molecule is C=Cc1ccc(COc2cccc3c2C(=O)OC(C)(c2ccc(I)cc2)O3)cc1. The molecule has 146 valence electrons. The molecular formula is C24H19IO4. The van der Waals surface area contributed by atoms with Gasteiger partial charge in [-0.3, -0.25) is 0 Å². The number of cyclic esters (lactones) is 1. The van der Waals surface area contributed by atoms with Crippen molar-refractivity contribution >= 4 is 34.6 Å². The van der Waals surface area contributed by atoms with Gasteiger partial charge >= 0.3 is 5.97 Å². The Kier molecular flexibility index (Phi) is 5.32. The van der Waals surface area contributed by atoms with E-state index in [9.17, 15) is 4.79 Å². The van der Waals surface area contributed by atoms with E-state index in [2.05, 4.69) is 29.2 Å². The van der Waals surface area contributed by atoms with Gasteiger partial charge in [-0.05, 0) is 58.0 Å². The first-order chi connectivity index (χ1) is 14.0. The van der Waals surface area contributed by atoms with Crippen LogP contribution in [0.5, 0.6) is 11.5 Å². The van der Waals surface area contributed by atoms with E-state index >= 15 is 0 Å². The Morgan fingerprint density at radius 3 is 2.45 bits per heavy atom. The molecule has 1 heterocycles. The van der Waals surface area contributed by atoms with Crippen LogP contribution in [-0.2, 0) is 17.1 Å². The van der Waals surface area contributed by atoms with Gasteiger partial charge in [0, 0.05) is 16.1 Å². The van der Waals surface area contributed by atoms with Crippen LogP contribution in [0.2, 0.25) is 0 Å². The maximum absolute atomic E-state index is 12.9. The molecular weight excluding hydrogens is 479 g/mol. The zero-order chi connectivity index (χ0) is 20.4. The number of benzene rings is 3. The number of carbonyl (C=O) groups is 1. The summed E-state index contributed by atoms with van der Waals surface area (Å²) >= 11 is 2.23. The highest BCUT2D eigenvalue weighted by Gasteiger charge is 2.41. The molecule has 3 aromatic rings. The molecule has 0 aliphatic carbocycles. The second-order valence-corrected chi connectivity index (χ2v) is 8.05. The Morgan fingerprint density at radius 2 is 1.76 bits per heavy atom. The predicted octanol–water partition coefficient (Wildman–Crippen LogP) is 5.94. The molecule has 0 spiro atoms. The highest BCUT2D eigenvalue weighted by Crippen LogP contribution is 2.41. The minimum absolute atomic E-state index is 0.304. The summed E-state index contributed by atoms with van der Waals surface area (Å²) in [5.74, 6) is -0.773. The van der Waals surface area contributed by atoms with Crippen molar-refractivity contribution in [1.29, 1.82) is 0 Å². The van der Waals surface area contributed by atoms with Crippen LogP contribution < -0.4 is 9.47 Å². The van der Waals surface area contributed by atoms with Crippen molar-refractivity contribution in [3.8, 4) is 11.5 Å². The third kappa shape index (κ3) is 4.00. The largest absolute Gasteiger partial charge is 0.488 e. The first-order valence-electron chi connectivity index (χ1n) is 9.14. The lowest BCUT2D eigenvalue weighted by Gasteiger charge is -2.35. The molecule has 1 aliphatic heterocycles. The molecule has 4 nitrogen and oxygen atoms in total. The van der Waals surface area contributed by atoms with Crippen LogP contribution in [0.1, 0.15) is 34.0 Å². The fourth-order valence-electron chi connectivity index (χ4n) is 3.16. The van der Waals surface area contributed by atoms with Crippen molar-refractivity contribution in [3.63, 3.8) is 0 Å². The van der Waals surface area contributed by atoms with Gasteiger partial charge in [0.1, 0.15) is 23.7 Å². The summed E-state index contributed by atoms with van der Waals surface area (Å²) in [4.78, 5) is 12.9. The number of halogens is 1. The number of hydrogen-bond acceptors (Lipinski definition) is 4. The molecule has 5 heteroatoms. The van der Waals surface area contributed by atoms with Gasteiger partial charge in [0.2, 0.25) is 0 Å². The number of carbonyl (C=O) groups excluding carboxylic acids is 1. The molecule has 1 atom stereocenters. The van der Waals surface area contributed by atoms with Crippen molar-refractivity contribution in [2.75, 3.05) is 0 Å². The summed E-state index contributed by atoms with van der Waals surface area (Å²) in [7, 11) is 0. The molecule has 1 aliphatic rings. The van der Waals surface area contributed by atoms with E-state index in [0.717, 1.165) is 20.3 Å². The number of rotatable bonds is 5. The van der Waals surface area contributed by atoms with Crippen molar-refractivity contribution in [2.45, 2.75) is 19.3 Å². The Bertz CT molecular complexity index is 1060. The molecule has 3 aromatic carbocycles. The molecule has 4 rings (SSSR count). The van der Waals surface area contributed by atoms with Gasteiger partial charge in [-0.25, -0.2) is 4.79 Å². The average Bonchev–Trinajstić information content (AvgIpc) is 2.72. The third-order valence-electron chi connectivity index (χ3n) is 4.76. The van der Waals surface area contributed by atoms with Crippen LogP contribution >= 0.6 is 22.6 Å². The highest BCUT2D eigenvalue weighted by atomic mass is 127. The molecule has 1 unspecified atom stereocenters. The van der Waals surface area contributed by atoms with Gasteiger partial charge in [0.05, 0.1) is 0 Å². The number of ether oxygens (including phenoxy) is 3. The van der Waals surface area contributed by atoms with Crippen molar-refractivity contribution in [2.24, 2.45) is 0 Å². The quantitative estimate of drug-likeness (QED) is 0.323. The van der Waals surface area contributed by atoms with E-state index in [1.165, 1.54) is 0 Å². The van der Waals surface area contributed by atoms with Crippen molar-refractivity contribution in [3.05, 3.63) is 99.1 Å². The van der Waals surface area contributed by atoms with Gasteiger partial charge in [0.25, 0.3) is 5.79 Å². The lowest BCUT2D eigenvalue weighted by atomic mass is 10.0. The van der Waals surface area contributed by atoms with Crippen LogP contribution in [-0.4, -0.2) is 5.97 Å². The number of hydrogen-bond donors (Lipinski definition) is 0. The summed E-state index contributed by atoms with van der Waals surface area (Å²) in [6, 6.07) is 20.9. The summed E-state index contributed by atoms with van der Waals surface area (Å²) < 4.78 is 18.8. The summed E-state index contributed by atoms with van der Waals surface area (Å²) in [5.41, 5.74) is 3.10. The zero-order valence-electron chi connectivity index (χ0n) is 15.9. The Balaban J connectivity index is 1.58. The van der Waals surface area contributed by atoms with Crippen LogP contribution in [0, 0.1) is 3.57 Å². The smallest absolute Gasteiger partial charge is 0.349 e. The molecule has 0 bridgehead atoms. The van der Waals surface area contributed by atoms with Crippen molar-refractivity contribution in [1.82, 2.24) is 0 Å². The maximum Gasteiger partial charge on any atom is 0.349 e. The van der Waals surface area contributed by atoms with Crippen LogP contribution in [0.4, 0.5) is 0 Å². The first kappa shape index (κ1) is 19.5. The molecule has 29 heavy (non-hydrogen) atoms. The number of fused-ring (bicyclic) bond motifs is 1. The molecule has 0 radical (unpaired) electrons. The maximum atomic E-state index is 12.9. The Morgan fingerprint density at radius 1 is 1.03 bits per heavy atom. The van der Waals surface area contributed by atoms with Gasteiger partial charge in [-0.1, -0.05) is 55.1 Å². The van der Waals surface area contributed by atoms with Gasteiger partial charge < -0.3 is 14.2 Å². The van der Waals surface area contributed by atoms with E-state index in [1.807, 2.05) is 54.6 Å².